The van der Waals surface area contributed by atoms with Gasteiger partial charge in [0.1, 0.15) is 28.9 Å². The Morgan fingerprint density at radius 3 is 1.89 bits per heavy atom. The molecule has 4 bridgehead atoms. The van der Waals surface area contributed by atoms with Crippen molar-refractivity contribution in [2.75, 3.05) is 87.5 Å². The molecule has 12 rings (SSSR count). The molecule has 2 unspecified atom stereocenters. The largest absolute Gasteiger partial charge is 0.393 e. The average molecular weight is 1010 g/mol. The van der Waals surface area contributed by atoms with E-state index in [2.05, 4.69) is 40.4 Å². The first-order valence-corrected chi connectivity index (χ1v) is 24.6. The molecule has 0 saturated carbocycles. The van der Waals surface area contributed by atoms with Crippen molar-refractivity contribution < 1.29 is 31.1 Å². The predicted molar refractivity (Wildman–Crippen MR) is 265 cm³/mol. The second-order valence-corrected chi connectivity index (χ2v) is 19.0. The molecule has 12 heterocycles. The van der Waals surface area contributed by atoms with Crippen LogP contribution in [0.5, 0.6) is 0 Å². The highest BCUT2D eigenvalue weighted by molar-refractivity contribution is 6.04. The number of fused-ring (bicyclic) bond motifs is 9. The second-order valence-electron chi connectivity index (χ2n) is 19.0. The lowest BCUT2D eigenvalue weighted by atomic mass is 9.97. The topological polar surface area (TPSA) is 165 Å². The number of hydrogen-bond acceptors (Lipinski definition) is 13. The van der Waals surface area contributed by atoms with Crippen LogP contribution in [0.25, 0.3) is 11.5 Å². The maximum Gasteiger partial charge on any atom is 0.393 e. The number of amides is 2. The monoisotopic (exact) mass is 1010 g/mol. The van der Waals surface area contributed by atoms with E-state index in [9.17, 15) is 40.7 Å². The Kier molecular flexibility index (Phi) is 13.8. The number of urea groups is 1. The molecule has 23 heteroatoms. The maximum atomic E-state index is 13.3. The molecule has 2 N–H and O–H groups in total. The Balaban J connectivity index is 0.000000131. The first-order chi connectivity index (χ1) is 35.2. The number of rotatable bonds is 4. The summed E-state index contributed by atoms with van der Waals surface area (Å²) in [6.07, 6.45) is 1.82. The predicted octanol–water partition coefficient (Wildman–Crippen LogP) is 7.77. The minimum absolute atomic E-state index is 0.0163. The lowest BCUT2D eigenvalue weighted by Crippen LogP contribution is -2.56. The zero-order valence-electron chi connectivity index (χ0n) is 39.7. The fourth-order valence-electron chi connectivity index (χ4n) is 10.6. The zero-order valence-corrected chi connectivity index (χ0v) is 39.7. The van der Waals surface area contributed by atoms with Crippen LogP contribution in [-0.2, 0) is 0 Å². The fourth-order valence-corrected chi connectivity index (χ4v) is 10.6. The standard InChI is InChI=1S/C22H25F3N6O.C16H21F3N4.C12H8N4O2/c23-22(24,25)15-5-3-12-30(13-15)19-9-8-17-20(28-19)31(16-6-4-11-29(17)14-16)21(32)27-18-7-1-2-10-26-18;17-16(18,19)11-3-1-8-23(9-11)14-6-5-13-15(21-14)20-12-4-2-7-22(13)10-12;17-11-14-10-6-2-4-8-15(10)12(18)16(11)9-5-1-3-7-13-9/h1-2,7-10,15-16H,3-6,11-14H2,(H,26,27,32);5-6,11-12H,1-4,7-10H2,(H,20,21);1-8H/t15?,16-;11?,12-;/m00./s1. The molecule has 2 amide bonds. The van der Waals surface area contributed by atoms with Crippen LogP contribution in [0.4, 0.5) is 71.6 Å². The molecule has 4 fully saturated rings. The third-order valence-corrected chi connectivity index (χ3v) is 14.2. The molecule has 6 aliphatic rings. The number of aromatic nitrogens is 7. The summed E-state index contributed by atoms with van der Waals surface area (Å²) in [6.45, 7) is 4.69. The van der Waals surface area contributed by atoms with Crippen molar-refractivity contribution in [1.29, 1.82) is 0 Å². The van der Waals surface area contributed by atoms with Gasteiger partial charge in [0.15, 0.2) is 11.6 Å². The quantitative estimate of drug-likeness (QED) is 0.165. The first-order valence-electron chi connectivity index (χ1n) is 24.6. The Morgan fingerprint density at radius 2 is 1.22 bits per heavy atom. The summed E-state index contributed by atoms with van der Waals surface area (Å²) in [5.41, 5.74) is 1.12. The van der Waals surface area contributed by atoms with Crippen molar-refractivity contribution in [2.45, 2.75) is 75.8 Å². The summed E-state index contributed by atoms with van der Waals surface area (Å²) in [5.74, 6) is 0.566. The molecule has 6 aromatic rings. The summed E-state index contributed by atoms with van der Waals surface area (Å²) in [5, 5.41) is 6.28. The van der Waals surface area contributed by atoms with Gasteiger partial charge in [-0.2, -0.15) is 35.9 Å². The number of carbonyl (C=O) groups is 1. The van der Waals surface area contributed by atoms with Gasteiger partial charge in [0.05, 0.1) is 29.3 Å². The molecule has 0 aliphatic carbocycles. The van der Waals surface area contributed by atoms with Gasteiger partial charge >= 0.3 is 29.8 Å². The molecule has 17 nitrogen and oxygen atoms in total. The van der Waals surface area contributed by atoms with Gasteiger partial charge in [-0.25, -0.2) is 34.3 Å². The van der Waals surface area contributed by atoms with E-state index in [1.165, 1.54) is 10.6 Å². The SMILES string of the molecule is FC(F)(F)C1CCCN(c2ccc3c(n2)N[C@H]2CCCN3C2)C1.O=C(Nc1ccccn1)N1c2nc(N3CCCC(C(F)(F)F)C3)ccc2N2CCC[C@H]1C2.O=c1nc2ccccn2c(=O)n1-c1ccccn1. The number of halogens is 6. The van der Waals surface area contributed by atoms with Crippen molar-refractivity contribution in [2.24, 2.45) is 11.8 Å². The van der Waals surface area contributed by atoms with E-state index in [0.717, 1.165) is 67.1 Å². The Hall–Kier alpha value is -7.46. The molecule has 6 aromatic heterocycles. The maximum absolute atomic E-state index is 13.3. The van der Waals surface area contributed by atoms with Crippen molar-refractivity contribution in [3.63, 3.8) is 0 Å². The molecule has 73 heavy (non-hydrogen) atoms. The fraction of sp³-hybridized carbons (Fsp3) is 0.440. The van der Waals surface area contributed by atoms with Crippen molar-refractivity contribution in [1.82, 2.24) is 33.9 Å². The normalized spacial score (nSPS) is 21.4. The molecule has 4 atom stereocenters. The number of anilines is 7. The second kappa shape index (κ2) is 20.6. The lowest BCUT2D eigenvalue weighted by molar-refractivity contribution is -0.176. The Bertz CT molecular complexity index is 3030. The summed E-state index contributed by atoms with van der Waals surface area (Å²) in [7, 11) is 0. The Labute approximate surface area is 415 Å². The first kappa shape index (κ1) is 49.1. The van der Waals surface area contributed by atoms with E-state index < -0.39 is 35.6 Å². The molecule has 0 aromatic carbocycles. The number of nitrogens with zero attached hydrogens (tertiary/aromatic N) is 12. The highest BCUT2D eigenvalue weighted by Gasteiger charge is 2.44. The van der Waals surface area contributed by atoms with Crippen LogP contribution in [0, 0.1) is 11.8 Å². The highest BCUT2D eigenvalue weighted by atomic mass is 19.4. The number of alkyl halides is 6. The van der Waals surface area contributed by atoms with Crippen LogP contribution in [0.3, 0.4) is 0 Å². The molecule has 384 valence electrons. The molecular formula is C50H54F6N14O3. The number of nitrogens with one attached hydrogen (secondary N) is 2. The smallest absolute Gasteiger partial charge is 0.366 e. The van der Waals surface area contributed by atoms with Gasteiger partial charge in [-0.05, 0) is 112 Å². The van der Waals surface area contributed by atoms with Crippen LogP contribution in [0.1, 0.15) is 51.4 Å². The van der Waals surface area contributed by atoms with Crippen LogP contribution in [-0.4, -0.2) is 117 Å². The van der Waals surface area contributed by atoms with Crippen LogP contribution < -0.4 is 46.5 Å². The van der Waals surface area contributed by atoms with Gasteiger partial charge in [-0.1, -0.05) is 18.2 Å². The van der Waals surface area contributed by atoms with E-state index in [-0.39, 0.29) is 43.8 Å². The summed E-state index contributed by atoms with van der Waals surface area (Å²) >= 11 is 0. The van der Waals surface area contributed by atoms with Crippen LogP contribution in [0.15, 0.2) is 107 Å². The molecular weight excluding hydrogens is 959 g/mol. The summed E-state index contributed by atoms with van der Waals surface area (Å²) < 4.78 is 81.2. The summed E-state index contributed by atoms with van der Waals surface area (Å²) in [6, 6.07) is 22.9. The van der Waals surface area contributed by atoms with Gasteiger partial charge in [0.25, 0.3) is 0 Å². The number of carbonyl (C=O) groups excluding carboxylic acids is 1. The van der Waals surface area contributed by atoms with Crippen molar-refractivity contribution in [3.8, 4) is 5.82 Å². The van der Waals surface area contributed by atoms with Gasteiger partial charge < -0.3 is 24.9 Å². The van der Waals surface area contributed by atoms with Gasteiger partial charge in [-0.15, -0.1) is 0 Å². The van der Waals surface area contributed by atoms with Gasteiger partial charge in [0.2, 0.25) is 0 Å². The minimum Gasteiger partial charge on any atom is -0.366 e. The van der Waals surface area contributed by atoms with Crippen LogP contribution >= 0.6 is 0 Å². The molecule has 4 saturated heterocycles. The minimum atomic E-state index is -4.22. The molecule has 0 radical (unpaired) electrons. The van der Waals surface area contributed by atoms with E-state index >= 15 is 0 Å². The zero-order chi connectivity index (χ0) is 50.9. The van der Waals surface area contributed by atoms with E-state index in [4.69, 9.17) is 4.98 Å². The van der Waals surface area contributed by atoms with Crippen LogP contribution in [0.2, 0.25) is 0 Å². The van der Waals surface area contributed by atoms with Gasteiger partial charge in [0, 0.05) is 77.0 Å². The number of piperidine rings is 4. The van der Waals surface area contributed by atoms with Gasteiger partial charge in [-0.3, -0.25) is 14.6 Å². The van der Waals surface area contributed by atoms with E-state index in [1.54, 1.807) is 87.8 Å². The van der Waals surface area contributed by atoms with E-state index in [1.807, 2.05) is 18.2 Å². The average Bonchev–Trinajstić information content (AvgIpc) is 3.39. The number of pyridine rings is 5. The van der Waals surface area contributed by atoms with E-state index in [0.29, 0.717) is 67.4 Å². The summed E-state index contributed by atoms with van der Waals surface area (Å²) in [4.78, 5) is 68.4. The molecule has 0 spiro atoms. The highest BCUT2D eigenvalue weighted by Crippen LogP contribution is 2.42. The lowest BCUT2D eigenvalue weighted by Gasteiger charge is -2.46. The van der Waals surface area contributed by atoms with Crippen molar-refractivity contribution in [3.05, 3.63) is 118 Å². The Morgan fingerprint density at radius 1 is 0.603 bits per heavy atom. The molecule has 6 aliphatic heterocycles. The van der Waals surface area contributed by atoms with Crippen molar-refractivity contribution >= 4 is 52.1 Å². The third-order valence-electron chi connectivity index (χ3n) is 14.2. The third kappa shape index (κ3) is 10.7. The number of hydrogen-bond donors (Lipinski definition) is 2.